The van der Waals surface area contributed by atoms with Crippen molar-refractivity contribution in [1.29, 1.82) is 0 Å². The predicted octanol–water partition coefficient (Wildman–Crippen LogP) is 2.31. The molecule has 2 aliphatic rings. The van der Waals surface area contributed by atoms with Crippen LogP contribution in [0.5, 0.6) is 5.75 Å². The Labute approximate surface area is 122 Å². The first-order valence-corrected chi connectivity index (χ1v) is 7.73. The lowest BCUT2D eigenvalue weighted by Gasteiger charge is -2.41. The van der Waals surface area contributed by atoms with Crippen molar-refractivity contribution in [3.05, 3.63) is 29.8 Å². The third kappa shape index (κ3) is 2.99. The van der Waals surface area contributed by atoms with E-state index >= 15 is 0 Å². The van der Waals surface area contributed by atoms with Crippen LogP contribution in [0.2, 0.25) is 0 Å². The zero-order valence-electron chi connectivity index (χ0n) is 12.9. The van der Waals surface area contributed by atoms with Gasteiger partial charge < -0.3 is 10.1 Å². The lowest BCUT2D eigenvalue weighted by atomic mass is 9.85. The van der Waals surface area contributed by atoms with E-state index in [0.717, 1.165) is 38.3 Å². The van der Waals surface area contributed by atoms with Gasteiger partial charge in [0.1, 0.15) is 11.9 Å². The number of ether oxygens (including phenoxy) is 1. The minimum absolute atomic E-state index is 0.318. The number of piperazine rings is 1. The second-order valence-corrected chi connectivity index (χ2v) is 7.18. The summed E-state index contributed by atoms with van der Waals surface area (Å²) in [5, 5.41) is 3.65. The average molecular weight is 274 g/mol. The first-order chi connectivity index (χ1) is 9.52. The molecule has 1 N–H and O–H groups in total. The van der Waals surface area contributed by atoms with Gasteiger partial charge in [-0.3, -0.25) is 4.90 Å². The fourth-order valence-electron chi connectivity index (χ4n) is 3.20. The molecular weight excluding hydrogens is 248 g/mol. The Hall–Kier alpha value is -1.06. The molecule has 0 aliphatic carbocycles. The van der Waals surface area contributed by atoms with Crippen molar-refractivity contribution >= 4 is 0 Å². The predicted molar refractivity (Wildman–Crippen MR) is 82.2 cm³/mol. The Kier molecular flexibility index (Phi) is 3.74. The van der Waals surface area contributed by atoms with Crippen LogP contribution in [0, 0.1) is 5.41 Å². The molecule has 2 heterocycles. The molecule has 0 saturated carbocycles. The van der Waals surface area contributed by atoms with E-state index in [2.05, 4.69) is 55.3 Å². The van der Waals surface area contributed by atoms with E-state index in [1.165, 1.54) is 5.56 Å². The fraction of sp³-hybridized carbons (Fsp3) is 0.647. The highest BCUT2D eigenvalue weighted by Gasteiger charge is 2.31. The van der Waals surface area contributed by atoms with Gasteiger partial charge in [-0.25, -0.2) is 0 Å². The maximum absolute atomic E-state index is 6.07. The molecule has 0 aromatic heterocycles. The molecule has 2 unspecified atom stereocenters. The van der Waals surface area contributed by atoms with Gasteiger partial charge >= 0.3 is 0 Å². The molecule has 0 spiro atoms. The second kappa shape index (κ2) is 5.38. The van der Waals surface area contributed by atoms with Crippen molar-refractivity contribution in [3.63, 3.8) is 0 Å². The van der Waals surface area contributed by atoms with E-state index in [0.29, 0.717) is 17.6 Å². The van der Waals surface area contributed by atoms with Crippen LogP contribution in [0.15, 0.2) is 24.3 Å². The van der Waals surface area contributed by atoms with Crippen molar-refractivity contribution in [2.45, 2.75) is 39.3 Å². The summed E-state index contributed by atoms with van der Waals surface area (Å²) in [6.45, 7) is 11.3. The number of para-hydroxylation sites is 1. The summed E-state index contributed by atoms with van der Waals surface area (Å²) in [6.07, 6.45) is 1.38. The zero-order chi connectivity index (χ0) is 14.2. The molecule has 2 atom stereocenters. The number of benzene rings is 1. The molecule has 0 bridgehead atoms. The molecule has 1 aromatic carbocycles. The van der Waals surface area contributed by atoms with Gasteiger partial charge in [-0.05, 0) is 17.0 Å². The molecule has 20 heavy (non-hydrogen) atoms. The van der Waals surface area contributed by atoms with Gasteiger partial charge in [0.25, 0.3) is 0 Å². The van der Waals surface area contributed by atoms with Crippen molar-refractivity contribution in [1.82, 2.24) is 10.2 Å². The Morgan fingerprint density at radius 2 is 2.10 bits per heavy atom. The first kappa shape index (κ1) is 13.9. The maximum atomic E-state index is 6.07. The van der Waals surface area contributed by atoms with Crippen LogP contribution >= 0.6 is 0 Å². The van der Waals surface area contributed by atoms with Crippen molar-refractivity contribution < 1.29 is 4.74 Å². The van der Waals surface area contributed by atoms with E-state index in [1.807, 2.05) is 0 Å². The first-order valence-electron chi connectivity index (χ1n) is 7.73. The van der Waals surface area contributed by atoms with Gasteiger partial charge in [-0.15, -0.1) is 0 Å². The summed E-state index contributed by atoms with van der Waals surface area (Å²) in [7, 11) is 0. The molecule has 1 saturated heterocycles. The molecule has 3 nitrogen and oxygen atoms in total. The lowest BCUT2D eigenvalue weighted by Crippen LogP contribution is -2.57. The van der Waals surface area contributed by atoms with E-state index in [1.54, 1.807) is 0 Å². The van der Waals surface area contributed by atoms with E-state index < -0.39 is 0 Å². The third-order valence-electron chi connectivity index (χ3n) is 4.48. The second-order valence-electron chi connectivity index (χ2n) is 7.18. The van der Waals surface area contributed by atoms with Crippen LogP contribution in [0.25, 0.3) is 0 Å². The fourth-order valence-corrected chi connectivity index (χ4v) is 3.20. The highest BCUT2D eigenvalue weighted by atomic mass is 16.5. The summed E-state index contributed by atoms with van der Waals surface area (Å²) < 4.78 is 6.07. The van der Waals surface area contributed by atoms with Gasteiger partial charge in [0.05, 0.1) is 0 Å². The van der Waals surface area contributed by atoms with Crippen molar-refractivity contribution in [2.24, 2.45) is 5.41 Å². The molecule has 1 aromatic rings. The van der Waals surface area contributed by atoms with Crippen molar-refractivity contribution in [3.8, 4) is 5.75 Å². The lowest BCUT2D eigenvalue weighted by molar-refractivity contribution is 0.0935. The standard InChI is InChI=1S/C17H26N2O/c1-17(2,3)16-12-19(9-8-18-16)11-14-10-13-6-4-5-7-15(13)20-14/h4-7,14,16,18H,8-12H2,1-3H3. The SMILES string of the molecule is CC(C)(C)C1CN(CC2Cc3ccccc3O2)CCN1. The monoisotopic (exact) mass is 274 g/mol. The van der Waals surface area contributed by atoms with Gasteiger partial charge in [-0.2, -0.15) is 0 Å². The average Bonchev–Trinajstić information content (AvgIpc) is 2.80. The topological polar surface area (TPSA) is 24.5 Å². The van der Waals surface area contributed by atoms with Crippen LogP contribution in [0.3, 0.4) is 0 Å². The normalized spacial score (nSPS) is 27.1. The van der Waals surface area contributed by atoms with Gasteiger partial charge in [0.2, 0.25) is 0 Å². The van der Waals surface area contributed by atoms with E-state index in [4.69, 9.17) is 4.74 Å². The Morgan fingerprint density at radius 3 is 2.85 bits per heavy atom. The minimum atomic E-state index is 0.318. The number of rotatable bonds is 2. The highest BCUT2D eigenvalue weighted by Crippen LogP contribution is 2.29. The minimum Gasteiger partial charge on any atom is -0.488 e. The van der Waals surface area contributed by atoms with E-state index in [9.17, 15) is 0 Å². The molecule has 110 valence electrons. The molecule has 0 radical (unpaired) electrons. The molecular formula is C17H26N2O. The molecule has 1 fully saturated rings. The summed E-state index contributed by atoms with van der Waals surface area (Å²) in [5.41, 5.74) is 1.68. The summed E-state index contributed by atoms with van der Waals surface area (Å²) >= 11 is 0. The third-order valence-corrected chi connectivity index (χ3v) is 4.48. The molecule has 3 rings (SSSR count). The smallest absolute Gasteiger partial charge is 0.123 e. The number of hydrogen-bond acceptors (Lipinski definition) is 3. The Bertz CT molecular complexity index is 441. The quantitative estimate of drug-likeness (QED) is 0.895. The number of hydrogen-bond donors (Lipinski definition) is 1. The largest absolute Gasteiger partial charge is 0.488 e. The van der Waals surface area contributed by atoms with E-state index in [-0.39, 0.29) is 0 Å². The summed E-state index contributed by atoms with van der Waals surface area (Å²) in [6, 6.07) is 9.00. The van der Waals surface area contributed by atoms with Crippen LogP contribution in [-0.4, -0.2) is 43.2 Å². The highest BCUT2D eigenvalue weighted by molar-refractivity contribution is 5.37. The van der Waals surface area contributed by atoms with Gasteiger partial charge in [0, 0.05) is 38.6 Å². The van der Waals surface area contributed by atoms with Gasteiger partial charge in [-0.1, -0.05) is 39.0 Å². The number of nitrogens with one attached hydrogen (secondary N) is 1. The molecule has 0 amide bonds. The van der Waals surface area contributed by atoms with Crippen LogP contribution in [-0.2, 0) is 6.42 Å². The summed E-state index contributed by atoms with van der Waals surface area (Å²) in [5.74, 6) is 1.08. The van der Waals surface area contributed by atoms with Crippen LogP contribution in [0.1, 0.15) is 26.3 Å². The summed E-state index contributed by atoms with van der Waals surface area (Å²) in [4.78, 5) is 2.56. The number of fused-ring (bicyclic) bond motifs is 1. The Balaban J connectivity index is 1.57. The van der Waals surface area contributed by atoms with Crippen LogP contribution < -0.4 is 10.1 Å². The van der Waals surface area contributed by atoms with Crippen LogP contribution in [0.4, 0.5) is 0 Å². The van der Waals surface area contributed by atoms with Crippen molar-refractivity contribution in [2.75, 3.05) is 26.2 Å². The maximum Gasteiger partial charge on any atom is 0.123 e. The molecule has 3 heteroatoms. The molecule has 2 aliphatic heterocycles. The number of nitrogens with zero attached hydrogens (tertiary/aromatic N) is 1. The Morgan fingerprint density at radius 1 is 1.30 bits per heavy atom. The zero-order valence-corrected chi connectivity index (χ0v) is 12.9. The van der Waals surface area contributed by atoms with Gasteiger partial charge in [0.15, 0.2) is 0 Å².